The Balaban J connectivity index is 1.70. The third-order valence-electron chi connectivity index (χ3n) is 5.42. The molecule has 2 bridgehead atoms. The van der Waals surface area contributed by atoms with Crippen LogP contribution in [0.5, 0.6) is 0 Å². The van der Waals surface area contributed by atoms with Crippen LogP contribution in [0.2, 0.25) is 0 Å². The molecule has 1 aromatic carbocycles. The number of nitrogens with two attached hydrogens (primary N) is 1. The van der Waals surface area contributed by atoms with E-state index in [1.54, 1.807) is 25.1 Å². The molecule has 1 aromatic rings. The van der Waals surface area contributed by atoms with E-state index in [-0.39, 0.29) is 23.6 Å². The summed E-state index contributed by atoms with van der Waals surface area (Å²) in [5.74, 6) is 0.783. The molecular formula is C17H25N3O3S. The molecule has 2 aliphatic rings. The Kier molecular flexibility index (Phi) is 4.57. The molecule has 132 valence electrons. The number of benzene rings is 1. The molecule has 4 atom stereocenters. The fourth-order valence-corrected chi connectivity index (χ4v) is 4.75. The van der Waals surface area contributed by atoms with Crippen molar-refractivity contribution in [2.45, 2.75) is 39.2 Å². The average molecular weight is 351 g/mol. The number of anilines is 2. The van der Waals surface area contributed by atoms with Gasteiger partial charge >= 0.3 is 0 Å². The van der Waals surface area contributed by atoms with Gasteiger partial charge in [0.2, 0.25) is 15.9 Å². The lowest BCUT2D eigenvalue weighted by Gasteiger charge is -2.27. The van der Waals surface area contributed by atoms with Crippen molar-refractivity contribution in [3.05, 3.63) is 23.8 Å². The molecule has 2 fully saturated rings. The first-order chi connectivity index (χ1) is 11.3. The third-order valence-corrected chi connectivity index (χ3v) is 6.71. The van der Waals surface area contributed by atoms with E-state index in [1.165, 1.54) is 0 Å². The van der Waals surface area contributed by atoms with Gasteiger partial charge in [-0.15, -0.1) is 0 Å². The number of nitrogens with one attached hydrogen (secondary N) is 2. The molecule has 0 aromatic heterocycles. The van der Waals surface area contributed by atoms with Gasteiger partial charge in [0.25, 0.3) is 0 Å². The van der Waals surface area contributed by atoms with E-state index in [1.807, 2.05) is 6.92 Å². The normalized spacial score (nSPS) is 28.8. The van der Waals surface area contributed by atoms with Gasteiger partial charge in [-0.05, 0) is 68.7 Å². The Morgan fingerprint density at radius 3 is 2.58 bits per heavy atom. The number of aryl methyl sites for hydroxylation is 1. The highest BCUT2D eigenvalue weighted by atomic mass is 32.2. The second kappa shape index (κ2) is 6.37. The molecule has 0 saturated heterocycles. The zero-order valence-corrected chi connectivity index (χ0v) is 14.9. The summed E-state index contributed by atoms with van der Waals surface area (Å²) in [5, 5.41) is 2.95. The van der Waals surface area contributed by atoms with Gasteiger partial charge in [0.1, 0.15) is 0 Å². The second-order valence-corrected chi connectivity index (χ2v) is 8.97. The molecule has 24 heavy (non-hydrogen) atoms. The van der Waals surface area contributed by atoms with E-state index >= 15 is 0 Å². The number of hydrogen-bond donors (Lipinski definition) is 3. The maximum Gasteiger partial charge on any atom is 0.232 e. The molecule has 0 spiro atoms. The Labute approximate surface area is 143 Å². The minimum Gasteiger partial charge on any atom is -0.327 e. The summed E-state index contributed by atoms with van der Waals surface area (Å²) in [6.45, 7) is 3.40. The number of carbonyl (C=O) groups is 1. The predicted octanol–water partition coefficient (Wildman–Crippen LogP) is 2.07. The van der Waals surface area contributed by atoms with Gasteiger partial charge in [0.05, 0.1) is 17.4 Å². The van der Waals surface area contributed by atoms with Crippen LogP contribution in [0, 0.1) is 24.7 Å². The number of carbonyl (C=O) groups excluding carboxylic acids is 1. The Morgan fingerprint density at radius 2 is 2.00 bits per heavy atom. The van der Waals surface area contributed by atoms with Gasteiger partial charge in [0, 0.05) is 11.7 Å². The van der Waals surface area contributed by atoms with Gasteiger partial charge in [-0.1, -0.05) is 0 Å². The van der Waals surface area contributed by atoms with Crippen LogP contribution in [0.25, 0.3) is 0 Å². The molecule has 2 aliphatic carbocycles. The molecule has 6 nitrogen and oxygen atoms in total. The zero-order chi connectivity index (χ0) is 17.5. The van der Waals surface area contributed by atoms with Gasteiger partial charge in [-0.25, -0.2) is 8.42 Å². The Morgan fingerprint density at radius 1 is 1.29 bits per heavy atom. The van der Waals surface area contributed by atoms with Crippen LogP contribution >= 0.6 is 0 Å². The molecule has 7 heteroatoms. The highest BCUT2D eigenvalue weighted by Crippen LogP contribution is 2.47. The molecule has 4 unspecified atom stereocenters. The standard InChI is InChI=1S/C17H25N3O3S/c1-3-24(22,23)20-14-7-6-13(8-10(14)2)19-17(21)15-11-4-5-12(9-11)16(15)18/h6-8,11-12,15-16,20H,3-5,9,18H2,1-2H3,(H,19,21). The number of amides is 1. The van der Waals surface area contributed by atoms with Crippen molar-refractivity contribution in [2.75, 3.05) is 15.8 Å². The van der Waals surface area contributed by atoms with Gasteiger partial charge in [-0.3, -0.25) is 9.52 Å². The lowest BCUT2D eigenvalue weighted by molar-refractivity contribution is -0.121. The van der Waals surface area contributed by atoms with E-state index < -0.39 is 10.0 Å². The zero-order valence-electron chi connectivity index (χ0n) is 14.1. The lowest BCUT2D eigenvalue weighted by Crippen LogP contribution is -2.42. The van der Waals surface area contributed by atoms with Crippen molar-refractivity contribution in [2.24, 2.45) is 23.5 Å². The maximum absolute atomic E-state index is 12.6. The first-order valence-corrected chi connectivity index (χ1v) is 10.1. The smallest absolute Gasteiger partial charge is 0.232 e. The molecule has 1 amide bonds. The van der Waals surface area contributed by atoms with Crippen molar-refractivity contribution in [1.29, 1.82) is 0 Å². The van der Waals surface area contributed by atoms with Gasteiger partial charge in [0.15, 0.2) is 0 Å². The molecular weight excluding hydrogens is 326 g/mol. The maximum atomic E-state index is 12.6. The van der Waals surface area contributed by atoms with E-state index in [2.05, 4.69) is 10.0 Å². The average Bonchev–Trinajstić information content (AvgIpc) is 3.11. The Hall–Kier alpha value is -1.60. The van der Waals surface area contributed by atoms with E-state index in [0.29, 0.717) is 23.2 Å². The summed E-state index contributed by atoms with van der Waals surface area (Å²) in [6.07, 6.45) is 3.30. The number of fused-ring (bicyclic) bond motifs is 2. The van der Waals surface area contributed by atoms with E-state index in [4.69, 9.17) is 5.73 Å². The van der Waals surface area contributed by atoms with Crippen molar-refractivity contribution in [3.63, 3.8) is 0 Å². The lowest BCUT2D eigenvalue weighted by atomic mass is 9.84. The topological polar surface area (TPSA) is 101 Å². The summed E-state index contributed by atoms with van der Waals surface area (Å²) in [4.78, 5) is 12.6. The number of sulfonamides is 1. The number of hydrogen-bond acceptors (Lipinski definition) is 4. The Bertz CT molecular complexity index is 745. The van der Waals surface area contributed by atoms with Crippen LogP contribution in [0.3, 0.4) is 0 Å². The first-order valence-electron chi connectivity index (χ1n) is 8.48. The summed E-state index contributed by atoms with van der Waals surface area (Å²) in [5.41, 5.74) is 8.19. The number of rotatable bonds is 5. The quantitative estimate of drug-likeness (QED) is 0.756. The second-order valence-electron chi connectivity index (χ2n) is 6.96. The van der Waals surface area contributed by atoms with Crippen LogP contribution in [0.1, 0.15) is 31.7 Å². The summed E-state index contributed by atoms with van der Waals surface area (Å²) < 4.78 is 25.9. The largest absolute Gasteiger partial charge is 0.327 e. The van der Waals surface area contributed by atoms with Gasteiger partial charge in [-0.2, -0.15) is 0 Å². The third kappa shape index (κ3) is 3.28. The van der Waals surface area contributed by atoms with E-state index in [9.17, 15) is 13.2 Å². The molecule has 0 radical (unpaired) electrons. The van der Waals surface area contributed by atoms with Crippen LogP contribution < -0.4 is 15.8 Å². The van der Waals surface area contributed by atoms with Crippen molar-refractivity contribution >= 4 is 27.3 Å². The molecule has 4 N–H and O–H groups in total. The van der Waals surface area contributed by atoms with Gasteiger partial charge < -0.3 is 11.1 Å². The summed E-state index contributed by atoms with van der Waals surface area (Å²) >= 11 is 0. The molecule has 0 heterocycles. The highest BCUT2D eigenvalue weighted by molar-refractivity contribution is 7.92. The SMILES string of the molecule is CCS(=O)(=O)Nc1ccc(NC(=O)C2C3CCC(C3)C2N)cc1C. The first kappa shape index (κ1) is 17.2. The minimum atomic E-state index is -3.31. The molecule has 0 aliphatic heterocycles. The van der Waals surface area contributed by atoms with Crippen molar-refractivity contribution in [3.8, 4) is 0 Å². The summed E-state index contributed by atoms with van der Waals surface area (Å²) in [7, 11) is -3.31. The van der Waals surface area contributed by atoms with Crippen LogP contribution in [-0.2, 0) is 14.8 Å². The predicted molar refractivity (Wildman–Crippen MR) is 95.2 cm³/mol. The van der Waals surface area contributed by atoms with Crippen molar-refractivity contribution < 1.29 is 13.2 Å². The summed E-state index contributed by atoms with van der Waals surface area (Å²) in [6, 6.07) is 5.14. The fourth-order valence-electron chi connectivity index (χ4n) is 4.05. The van der Waals surface area contributed by atoms with Crippen LogP contribution in [-0.4, -0.2) is 26.1 Å². The monoisotopic (exact) mass is 351 g/mol. The minimum absolute atomic E-state index is 0.0176. The van der Waals surface area contributed by atoms with Crippen molar-refractivity contribution in [1.82, 2.24) is 0 Å². The fraction of sp³-hybridized carbons (Fsp3) is 0.588. The molecule has 3 rings (SSSR count). The van der Waals surface area contributed by atoms with Crippen LogP contribution in [0.4, 0.5) is 11.4 Å². The molecule has 2 saturated carbocycles. The highest BCUT2D eigenvalue weighted by Gasteiger charge is 2.49. The van der Waals surface area contributed by atoms with Crippen LogP contribution in [0.15, 0.2) is 18.2 Å². The van der Waals surface area contributed by atoms with E-state index in [0.717, 1.165) is 24.8 Å².